The Balaban J connectivity index is 3.17. The van der Waals surface area contributed by atoms with Gasteiger partial charge in [0.25, 0.3) is 0 Å². The summed E-state index contributed by atoms with van der Waals surface area (Å²) in [4.78, 5) is 0. The third-order valence-electron chi connectivity index (χ3n) is 3.67. The molecule has 108 valence electrons. The van der Waals surface area contributed by atoms with E-state index >= 15 is 0 Å². The normalized spacial score (nSPS) is 11.8. The zero-order valence-electron chi connectivity index (χ0n) is 12.2. The summed E-state index contributed by atoms with van der Waals surface area (Å²) < 4.78 is 13.3. The smallest absolute Gasteiger partial charge is 0.124 e. The minimum absolute atomic E-state index is 0.0181. The van der Waals surface area contributed by atoms with Gasteiger partial charge in [0.1, 0.15) is 5.82 Å². The summed E-state index contributed by atoms with van der Waals surface area (Å²) in [5.74, 6) is -0.265. The molecule has 1 N–H and O–H groups in total. The standard InChI is InChI=1S/C16H25ClFN/c1-4-9-16(10-5-2,12-19-6-3)14-8-7-13(18)11-15(14)17/h7-8,11,19H,4-6,9-10,12H2,1-3H3. The van der Waals surface area contributed by atoms with Crippen LogP contribution >= 0.6 is 11.6 Å². The van der Waals surface area contributed by atoms with Gasteiger partial charge in [0.15, 0.2) is 0 Å². The maximum absolute atomic E-state index is 13.3. The first-order chi connectivity index (χ1) is 9.09. The molecular formula is C16H25ClFN. The molecule has 1 rings (SSSR count). The van der Waals surface area contributed by atoms with Crippen molar-refractivity contribution in [1.82, 2.24) is 5.32 Å². The van der Waals surface area contributed by atoms with Crippen LogP contribution in [0.15, 0.2) is 18.2 Å². The lowest BCUT2D eigenvalue weighted by molar-refractivity contribution is 0.338. The number of hydrogen-bond donors (Lipinski definition) is 1. The van der Waals surface area contributed by atoms with E-state index in [2.05, 4.69) is 26.1 Å². The van der Waals surface area contributed by atoms with Crippen molar-refractivity contribution in [2.75, 3.05) is 13.1 Å². The molecule has 19 heavy (non-hydrogen) atoms. The van der Waals surface area contributed by atoms with Crippen LogP contribution in [0, 0.1) is 5.82 Å². The number of rotatable bonds is 8. The molecule has 1 aromatic carbocycles. The molecule has 0 fully saturated rings. The highest BCUT2D eigenvalue weighted by Gasteiger charge is 2.32. The molecule has 1 aromatic rings. The van der Waals surface area contributed by atoms with Gasteiger partial charge in [0.05, 0.1) is 0 Å². The molecule has 0 radical (unpaired) electrons. The van der Waals surface area contributed by atoms with Crippen LogP contribution in [0.25, 0.3) is 0 Å². The molecule has 0 aliphatic heterocycles. The van der Waals surface area contributed by atoms with Gasteiger partial charge in [0.2, 0.25) is 0 Å². The molecule has 0 atom stereocenters. The van der Waals surface area contributed by atoms with Gasteiger partial charge >= 0.3 is 0 Å². The van der Waals surface area contributed by atoms with Gasteiger partial charge in [0, 0.05) is 17.0 Å². The molecule has 0 saturated heterocycles. The molecule has 0 amide bonds. The Hall–Kier alpha value is -0.600. The topological polar surface area (TPSA) is 12.0 Å². The third-order valence-corrected chi connectivity index (χ3v) is 3.99. The monoisotopic (exact) mass is 285 g/mol. The predicted molar refractivity (Wildman–Crippen MR) is 81.4 cm³/mol. The summed E-state index contributed by atoms with van der Waals surface area (Å²) >= 11 is 6.30. The van der Waals surface area contributed by atoms with Crippen LogP contribution in [0.5, 0.6) is 0 Å². The molecule has 0 unspecified atom stereocenters. The number of nitrogens with one attached hydrogen (secondary N) is 1. The lowest BCUT2D eigenvalue weighted by Gasteiger charge is -2.35. The SMILES string of the molecule is CCCC(CCC)(CNCC)c1ccc(F)cc1Cl. The molecule has 0 saturated carbocycles. The highest BCUT2D eigenvalue weighted by atomic mass is 35.5. The van der Waals surface area contributed by atoms with Crippen molar-refractivity contribution in [2.45, 2.75) is 51.9 Å². The highest BCUT2D eigenvalue weighted by Crippen LogP contribution is 2.38. The number of hydrogen-bond acceptors (Lipinski definition) is 1. The second kappa shape index (κ2) is 7.86. The van der Waals surface area contributed by atoms with Crippen molar-refractivity contribution in [1.29, 1.82) is 0 Å². The van der Waals surface area contributed by atoms with E-state index in [1.807, 2.05) is 6.07 Å². The Bertz CT molecular complexity index is 386. The first kappa shape index (κ1) is 16.5. The minimum atomic E-state index is -0.265. The van der Waals surface area contributed by atoms with Crippen LogP contribution in [-0.4, -0.2) is 13.1 Å². The summed E-state index contributed by atoms with van der Waals surface area (Å²) in [7, 11) is 0. The van der Waals surface area contributed by atoms with Crippen LogP contribution in [0.3, 0.4) is 0 Å². The summed E-state index contributed by atoms with van der Waals surface area (Å²) in [6.45, 7) is 8.32. The second-order valence-corrected chi connectivity index (χ2v) is 5.59. The number of likely N-dealkylation sites (N-methyl/N-ethyl adjacent to an activating group) is 1. The lowest BCUT2D eigenvalue weighted by Crippen LogP contribution is -2.38. The largest absolute Gasteiger partial charge is 0.316 e. The quantitative estimate of drug-likeness (QED) is 0.714. The van der Waals surface area contributed by atoms with Crippen molar-refractivity contribution in [3.8, 4) is 0 Å². The van der Waals surface area contributed by atoms with E-state index in [0.717, 1.165) is 44.3 Å². The van der Waals surface area contributed by atoms with Crippen molar-refractivity contribution in [3.63, 3.8) is 0 Å². The van der Waals surface area contributed by atoms with Gasteiger partial charge in [-0.25, -0.2) is 4.39 Å². The molecule has 0 bridgehead atoms. The van der Waals surface area contributed by atoms with Crippen molar-refractivity contribution < 1.29 is 4.39 Å². The van der Waals surface area contributed by atoms with Gasteiger partial charge in [-0.05, 0) is 37.1 Å². The van der Waals surface area contributed by atoms with Gasteiger partial charge in [-0.1, -0.05) is 51.3 Å². The predicted octanol–water partition coefficient (Wildman–Crippen LogP) is 4.93. The Morgan fingerprint density at radius 1 is 1.16 bits per heavy atom. The van der Waals surface area contributed by atoms with E-state index in [1.54, 1.807) is 0 Å². The zero-order valence-corrected chi connectivity index (χ0v) is 13.0. The minimum Gasteiger partial charge on any atom is -0.316 e. The van der Waals surface area contributed by atoms with Crippen molar-refractivity contribution in [2.24, 2.45) is 0 Å². The van der Waals surface area contributed by atoms with Crippen LogP contribution < -0.4 is 5.32 Å². The molecule has 0 aliphatic carbocycles. The fourth-order valence-corrected chi connectivity index (χ4v) is 3.27. The Morgan fingerprint density at radius 3 is 2.26 bits per heavy atom. The summed E-state index contributed by atoms with van der Waals surface area (Å²) in [5, 5.41) is 4.00. The summed E-state index contributed by atoms with van der Waals surface area (Å²) in [6, 6.07) is 4.82. The molecule has 0 heterocycles. The van der Waals surface area contributed by atoms with Crippen LogP contribution in [0.4, 0.5) is 4.39 Å². The van der Waals surface area contributed by atoms with Gasteiger partial charge < -0.3 is 5.32 Å². The highest BCUT2D eigenvalue weighted by molar-refractivity contribution is 6.31. The molecule has 0 aliphatic rings. The maximum atomic E-state index is 13.3. The van der Waals surface area contributed by atoms with E-state index in [9.17, 15) is 4.39 Å². The van der Waals surface area contributed by atoms with Gasteiger partial charge in [-0.3, -0.25) is 0 Å². The van der Waals surface area contributed by atoms with Crippen molar-refractivity contribution in [3.05, 3.63) is 34.6 Å². The molecule has 3 heteroatoms. The lowest BCUT2D eigenvalue weighted by atomic mass is 9.73. The first-order valence-electron chi connectivity index (χ1n) is 7.26. The van der Waals surface area contributed by atoms with Crippen LogP contribution in [0.2, 0.25) is 5.02 Å². The summed E-state index contributed by atoms with van der Waals surface area (Å²) in [5.41, 5.74) is 1.10. The van der Waals surface area contributed by atoms with Crippen molar-refractivity contribution >= 4 is 11.6 Å². The maximum Gasteiger partial charge on any atom is 0.124 e. The zero-order chi connectivity index (χ0) is 14.3. The number of benzene rings is 1. The average molecular weight is 286 g/mol. The van der Waals surface area contributed by atoms with E-state index in [-0.39, 0.29) is 11.2 Å². The van der Waals surface area contributed by atoms with E-state index in [1.165, 1.54) is 12.1 Å². The fourth-order valence-electron chi connectivity index (χ4n) is 2.91. The Morgan fingerprint density at radius 2 is 1.79 bits per heavy atom. The first-order valence-corrected chi connectivity index (χ1v) is 7.63. The average Bonchev–Trinajstić information content (AvgIpc) is 2.36. The van der Waals surface area contributed by atoms with E-state index < -0.39 is 0 Å². The third kappa shape index (κ3) is 4.19. The van der Waals surface area contributed by atoms with E-state index in [4.69, 9.17) is 11.6 Å². The van der Waals surface area contributed by atoms with Crippen LogP contribution in [-0.2, 0) is 5.41 Å². The molecule has 0 aromatic heterocycles. The van der Waals surface area contributed by atoms with Gasteiger partial charge in [-0.2, -0.15) is 0 Å². The number of halogens is 2. The summed E-state index contributed by atoms with van der Waals surface area (Å²) in [6.07, 6.45) is 4.33. The van der Waals surface area contributed by atoms with E-state index in [0.29, 0.717) is 5.02 Å². The van der Waals surface area contributed by atoms with Gasteiger partial charge in [-0.15, -0.1) is 0 Å². The van der Waals surface area contributed by atoms with Crippen LogP contribution in [0.1, 0.15) is 52.0 Å². The Kier molecular flexibility index (Phi) is 6.81. The fraction of sp³-hybridized carbons (Fsp3) is 0.625. The molecule has 0 spiro atoms. The second-order valence-electron chi connectivity index (χ2n) is 5.18. The molecular weight excluding hydrogens is 261 g/mol. The molecule has 1 nitrogen and oxygen atoms in total. The Labute approximate surface area is 121 Å².